The molecule has 3 N–H and O–H groups in total. The van der Waals surface area contributed by atoms with Gasteiger partial charge in [0, 0.05) is 10.5 Å². The Morgan fingerprint density at radius 3 is 2.39 bits per heavy atom. The van der Waals surface area contributed by atoms with Crippen molar-refractivity contribution in [2.45, 2.75) is 18.6 Å². The van der Waals surface area contributed by atoms with E-state index in [4.69, 9.17) is 10.5 Å². The van der Waals surface area contributed by atoms with Crippen LogP contribution in [-0.2, 0) is 0 Å². The van der Waals surface area contributed by atoms with Gasteiger partial charge in [-0.25, -0.2) is 0 Å². The first-order chi connectivity index (χ1) is 8.17. The molecule has 1 aromatic carbocycles. The lowest BCUT2D eigenvalue weighted by atomic mass is 10.0. The lowest BCUT2D eigenvalue weighted by Gasteiger charge is -2.18. The highest BCUT2D eigenvalue weighted by Crippen LogP contribution is 2.44. The molecule has 0 amide bonds. The summed E-state index contributed by atoms with van der Waals surface area (Å²) in [5, 5.41) is 9.65. The summed E-state index contributed by atoms with van der Waals surface area (Å²) in [6, 6.07) is 0.0331. The van der Waals surface area contributed by atoms with Crippen molar-refractivity contribution in [3.8, 4) is 11.5 Å². The minimum Gasteiger partial charge on any atom is -0.503 e. The van der Waals surface area contributed by atoms with Crippen LogP contribution in [-0.4, -0.2) is 18.4 Å². The zero-order valence-electron chi connectivity index (χ0n) is 9.18. The number of alkyl halides is 3. The SMILES string of the molecule is COc1cc([C@H](N)CC(F)(F)F)c(Br)c(Br)c1O. The van der Waals surface area contributed by atoms with Gasteiger partial charge in [-0.15, -0.1) is 0 Å². The lowest BCUT2D eigenvalue weighted by molar-refractivity contribution is -0.138. The molecule has 1 rings (SSSR count). The fourth-order valence-corrected chi connectivity index (χ4v) is 2.42. The van der Waals surface area contributed by atoms with Crippen molar-refractivity contribution >= 4 is 31.9 Å². The van der Waals surface area contributed by atoms with E-state index in [1.807, 2.05) is 0 Å². The van der Waals surface area contributed by atoms with Crippen LogP contribution in [0.1, 0.15) is 18.0 Å². The molecule has 0 heterocycles. The van der Waals surface area contributed by atoms with E-state index in [-0.39, 0.29) is 26.0 Å². The van der Waals surface area contributed by atoms with Gasteiger partial charge in [-0.1, -0.05) is 0 Å². The smallest absolute Gasteiger partial charge is 0.390 e. The van der Waals surface area contributed by atoms with Gasteiger partial charge in [0.15, 0.2) is 11.5 Å². The van der Waals surface area contributed by atoms with Crippen LogP contribution in [0.15, 0.2) is 15.0 Å². The van der Waals surface area contributed by atoms with Gasteiger partial charge in [-0.3, -0.25) is 0 Å². The summed E-state index contributed by atoms with van der Waals surface area (Å²) in [7, 11) is 1.30. The van der Waals surface area contributed by atoms with Crippen molar-refractivity contribution in [1.82, 2.24) is 0 Å². The van der Waals surface area contributed by atoms with Crippen molar-refractivity contribution < 1.29 is 23.0 Å². The number of hydrogen-bond acceptors (Lipinski definition) is 3. The largest absolute Gasteiger partial charge is 0.503 e. The summed E-state index contributed by atoms with van der Waals surface area (Å²) in [5.74, 6) is -0.148. The standard InChI is InChI=1S/C10H10Br2F3NO2/c1-18-6-2-4(5(16)3-10(13,14)15)7(11)8(12)9(6)17/h2,5,17H,3,16H2,1H3/t5-/m1/s1. The molecule has 0 aliphatic heterocycles. The van der Waals surface area contributed by atoms with Crippen molar-refractivity contribution in [3.05, 3.63) is 20.6 Å². The highest BCUT2D eigenvalue weighted by molar-refractivity contribution is 9.13. The van der Waals surface area contributed by atoms with E-state index in [1.165, 1.54) is 13.2 Å². The normalized spacial score (nSPS) is 13.5. The summed E-state index contributed by atoms with van der Waals surface area (Å²) in [4.78, 5) is 0. The van der Waals surface area contributed by atoms with E-state index in [1.54, 1.807) is 0 Å². The van der Waals surface area contributed by atoms with Gasteiger partial charge in [-0.2, -0.15) is 13.2 Å². The molecule has 1 aromatic rings. The van der Waals surface area contributed by atoms with Gasteiger partial charge in [0.25, 0.3) is 0 Å². The van der Waals surface area contributed by atoms with Gasteiger partial charge in [0.1, 0.15) is 0 Å². The van der Waals surface area contributed by atoms with Gasteiger partial charge in [0.05, 0.1) is 18.0 Å². The van der Waals surface area contributed by atoms with Gasteiger partial charge in [-0.05, 0) is 43.5 Å². The molecule has 0 aliphatic carbocycles. The maximum absolute atomic E-state index is 12.3. The minimum absolute atomic E-state index is 0.0534. The second-order valence-electron chi connectivity index (χ2n) is 3.57. The van der Waals surface area contributed by atoms with Crippen LogP contribution in [0.5, 0.6) is 11.5 Å². The van der Waals surface area contributed by atoms with Gasteiger partial charge < -0.3 is 15.6 Å². The molecule has 0 fully saturated rings. The quantitative estimate of drug-likeness (QED) is 0.820. The summed E-state index contributed by atoms with van der Waals surface area (Å²) in [5.41, 5.74) is 5.72. The predicted octanol–water partition coefficient (Wildman–Crippen LogP) is 3.88. The molecule has 0 spiro atoms. The molecule has 8 heteroatoms. The van der Waals surface area contributed by atoms with Gasteiger partial charge in [0.2, 0.25) is 0 Å². The van der Waals surface area contributed by atoms with E-state index in [0.29, 0.717) is 0 Å². The van der Waals surface area contributed by atoms with Crippen LogP contribution < -0.4 is 10.5 Å². The average molecular weight is 393 g/mol. The third-order valence-electron chi connectivity index (χ3n) is 2.24. The number of hydrogen-bond donors (Lipinski definition) is 2. The van der Waals surface area contributed by atoms with Crippen LogP contribution >= 0.6 is 31.9 Å². The Hall–Kier alpha value is -0.470. The number of benzene rings is 1. The van der Waals surface area contributed by atoms with Crippen LogP contribution in [0.2, 0.25) is 0 Å². The lowest BCUT2D eigenvalue weighted by Crippen LogP contribution is -2.20. The second-order valence-corrected chi connectivity index (χ2v) is 5.16. The fraction of sp³-hybridized carbons (Fsp3) is 0.400. The molecular weight excluding hydrogens is 383 g/mol. The van der Waals surface area contributed by atoms with E-state index in [0.717, 1.165) is 0 Å². The Balaban J connectivity index is 3.20. The zero-order chi connectivity index (χ0) is 14.1. The molecule has 0 radical (unpaired) electrons. The number of phenols is 1. The number of aromatic hydroxyl groups is 1. The summed E-state index contributed by atoms with van der Waals surface area (Å²) >= 11 is 6.15. The van der Waals surface area contributed by atoms with Crippen LogP contribution in [0.25, 0.3) is 0 Å². The van der Waals surface area contributed by atoms with Gasteiger partial charge >= 0.3 is 6.18 Å². The maximum Gasteiger partial charge on any atom is 0.390 e. The second kappa shape index (κ2) is 5.66. The van der Waals surface area contributed by atoms with Crippen molar-refractivity contribution in [2.24, 2.45) is 5.73 Å². The van der Waals surface area contributed by atoms with E-state index in [9.17, 15) is 18.3 Å². The van der Waals surface area contributed by atoms with Crippen LogP contribution in [0.4, 0.5) is 13.2 Å². The number of methoxy groups -OCH3 is 1. The first kappa shape index (κ1) is 15.6. The zero-order valence-corrected chi connectivity index (χ0v) is 12.4. The monoisotopic (exact) mass is 391 g/mol. The molecule has 0 saturated carbocycles. The van der Waals surface area contributed by atoms with E-state index < -0.39 is 18.6 Å². The number of nitrogens with two attached hydrogens (primary N) is 1. The summed E-state index contributed by atoms with van der Waals surface area (Å²) in [6.07, 6.45) is -5.53. The molecule has 0 unspecified atom stereocenters. The first-order valence-electron chi connectivity index (χ1n) is 4.74. The number of halogens is 5. The molecule has 0 bridgehead atoms. The number of ether oxygens (including phenoxy) is 1. The molecular formula is C10H10Br2F3NO2. The van der Waals surface area contributed by atoms with Crippen molar-refractivity contribution in [3.63, 3.8) is 0 Å². The third kappa shape index (κ3) is 3.52. The molecule has 3 nitrogen and oxygen atoms in total. The minimum atomic E-state index is -4.36. The van der Waals surface area contributed by atoms with Crippen LogP contribution in [0, 0.1) is 0 Å². The van der Waals surface area contributed by atoms with E-state index in [2.05, 4.69) is 31.9 Å². The van der Waals surface area contributed by atoms with E-state index >= 15 is 0 Å². The molecule has 1 atom stereocenters. The predicted molar refractivity (Wildman–Crippen MR) is 67.7 cm³/mol. The third-order valence-corrected chi connectivity index (χ3v) is 4.40. The molecule has 102 valence electrons. The average Bonchev–Trinajstić information content (AvgIpc) is 2.24. The summed E-state index contributed by atoms with van der Waals surface area (Å²) in [6.45, 7) is 0. The maximum atomic E-state index is 12.3. The fourth-order valence-electron chi connectivity index (χ4n) is 1.40. The number of rotatable bonds is 3. The number of phenolic OH excluding ortho intramolecular Hbond substituents is 1. The Kier molecular flexibility index (Phi) is 4.90. The highest BCUT2D eigenvalue weighted by Gasteiger charge is 2.32. The van der Waals surface area contributed by atoms with Crippen molar-refractivity contribution in [2.75, 3.05) is 7.11 Å². The molecule has 0 saturated heterocycles. The highest BCUT2D eigenvalue weighted by atomic mass is 79.9. The Bertz CT molecular complexity index is 452. The van der Waals surface area contributed by atoms with Crippen LogP contribution in [0.3, 0.4) is 0 Å². The van der Waals surface area contributed by atoms with Crippen molar-refractivity contribution in [1.29, 1.82) is 0 Å². The first-order valence-corrected chi connectivity index (χ1v) is 6.33. The Morgan fingerprint density at radius 2 is 1.94 bits per heavy atom. The Labute approximate surface area is 118 Å². The molecule has 0 aliphatic rings. The summed E-state index contributed by atoms with van der Waals surface area (Å²) < 4.78 is 42.2. The topological polar surface area (TPSA) is 55.5 Å². The molecule has 18 heavy (non-hydrogen) atoms. The molecule has 0 aromatic heterocycles. The Morgan fingerprint density at radius 1 is 1.39 bits per heavy atom.